The van der Waals surface area contributed by atoms with Crippen LogP contribution in [0.1, 0.15) is 12.5 Å². The summed E-state index contributed by atoms with van der Waals surface area (Å²) in [6.45, 7) is 1.14. The summed E-state index contributed by atoms with van der Waals surface area (Å²) in [6, 6.07) is 7.35. The van der Waals surface area contributed by atoms with Gasteiger partial charge < -0.3 is 5.32 Å². The number of carbonyl (C=O) groups is 2. The monoisotopic (exact) mass is 259 g/mol. The first kappa shape index (κ1) is 14.2. The molecule has 0 aliphatic heterocycles. The van der Waals surface area contributed by atoms with Crippen LogP contribution >= 0.6 is 0 Å². The van der Waals surface area contributed by atoms with Gasteiger partial charge in [0, 0.05) is 0 Å². The number of nitrogens with one attached hydrogen (secondary N) is 1. The molecule has 0 unspecified atom stereocenters. The quantitative estimate of drug-likeness (QED) is 0.897. The van der Waals surface area contributed by atoms with E-state index >= 15 is 0 Å². The van der Waals surface area contributed by atoms with Crippen molar-refractivity contribution in [1.82, 2.24) is 5.32 Å². The lowest BCUT2D eigenvalue weighted by Gasteiger charge is -2.17. The average molecular weight is 259 g/mol. The fraction of sp³-hybridized carbons (Fsp3) is 0.333. The predicted molar refractivity (Wildman–Crippen MR) is 58.8 cm³/mol. The molecule has 1 rings (SSSR count). The molecular formula is C12H12F3NO2. The Labute approximate surface area is 102 Å². The van der Waals surface area contributed by atoms with E-state index in [1.54, 1.807) is 35.6 Å². The summed E-state index contributed by atoms with van der Waals surface area (Å²) >= 11 is 0. The van der Waals surface area contributed by atoms with E-state index in [0.717, 1.165) is 6.92 Å². The second-order valence-corrected chi connectivity index (χ2v) is 3.82. The van der Waals surface area contributed by atoms with Crippen molar-refractivity contribution in [2.75, 3.05) is 0 Å². The second kappa shape index (κ2) is 5.66. The molecule has 1 N–H and O–H groups in total. The lowest BCUT2D eigenvalue weighted by Crippen LogP contribution is -2.47. The van der Waals surface area contributed by atoms with E-state index in [9.17, 15) is 22.8 Å². The van der Waals surface area contributed by atoms with Gasteiger partial charge in [-0.2, -0.15) is 13.2 Å². The molecule has 1 amide bonds. The van der Waals surface area contributed by atoms with E-state index in [1.807, 2.05) is 0 Å². The van der Waals surface area contributed by atoms with Crippen LogP contribution in [0.25, 0.3) is 0 Å². The first-order valence-electron chi connectivity index (χ1n) is 5.23. The number of carbonyl (C=O) groups excluding carboxylic acids is 2. The smallest absolute Gasteiger partial charge is 0.338 e. The molecule has 0 aliphatic rings. The Bertz CT molecular complexity index is 429. The van der Waals surface area contributed by atoms with Crippen LogP contribution in [-0.4, -0.2) is 23.9 Å². The van der Waals surface area contributed by atoms with E-state index in [2.05, 4.69) is 0 Å². The number of amides is 1. The van der Waals surface area contributed by atoms with Gasteiger partial charge in [-0.15, -0.1) is 0 Å². The second-order valence-electron chi connectivity index (χ2n) is 3.82. The first-order chi connectivity index (χ1) is 8.30. The number of alkyl halides is 3. The zero-order chi connectivity index (χ0) is 13.8. The van der Waals surface area contributed by atoms with E-state index in [1.165, 1.54) is 0 Å². The van der Waals surface area contributed by atoms with Crippen molar-refractivity contribution in [3.8, 4) is 0 Å². The summed E-state index contributed by atoms with van der Waals surface area (Å²) in [5, 5.41) is 1.69. The van der Waals surface area contributed by atoms with Gasteiger partial charge in [-0.1, -0.05) is 30.3 Å². The van der Waals surface area contributed by atoms with Gasteiger partial charge in [-0.3, -0.25) is 9.59 Å². The molecule has 0 fully saturated rings. The van der Waals surface area contributed by atoms with Gasteiger partial charge in [0.1, 0.15) is 0 Å². The van der Waals surface area contributed by atoms with Crippen molar-refractivity contribution in [2.45, 2.75) is 25.6 Å². The largest absolute Gasteiger partial charge is 0.471 e. The van der Waals surface area contributed by atoms with Crippen LogP contribution in [0.2, 0.25) is 0 Å². The SMILES string of the molecule is CC(=O)[C@@H](Cc1ccccc1)NC(=O)C(F)(F)F. The Kier molecular flexibility index (Phi) is 4.47. The molecule has 0 bridgehead atoms. The van der Waals surface area contributed by atoms with Gasteiger partial charge in [-0.25, -0.2) is 0 Å². The van der Waals surface area contributed by atoms with E-state index < -0.39 is 23.9 Å². The summed E-state index contributed by atoms with van der Waals surface area (Å²) in [7, 11) is 0. The molecule has 6 heteroatoms. The van der Waals surface area contributed by atoms with Gasteiger partial charge >= 0.3 is 12.1 Å². The molecule has 0 aliphatic carbocycles. The van der Waals surface area contributed by atoms with Gasteiger partial charge in [0.2, 0.25) is 0 Å². The summed E-state index contributed by atoms with van der Waals surface area (Å²) in [4.78, 5) is 22.0. The van der Waals surface area contributed by atoms with Crippen molar-refractivity contribution >= 4 is 11.7 Å². The number of hydrogen-bond acceptors (Lipinski definition) is 2. The van der Waals surface area contributed by atoms with Crippen molar-refractivity contribution in [2.24, 2.45) is 0 Å². The molecule has 3 nitrogen and oxygen atoms in total. The number of halogens is 3. The van der Waals surface area contributed by atoms with Crippen molar-refractivity contribution < 1.29 is 22.8 Å². The maximum absolute atomic E-state index is 12.1. The van der Waals surface area contributed by atoms with Crippen LogP contribution in [0.15, 0.2) is 30.3 Å². The molecule has 1 atom stereocenters. The van der Waals surface area contributed by atoms with Crippen LogP contribution < -0.4 is 5.32 Å². The maximum atomic E-state index is 12.1. The number of Topliss-reactive ketones (excluding diaryl/α,β-unsaturated/α-hetero) is 1. The molecule has 0 saturated heterocycles. The molecule has 0 radical (unpaired) electrons. The lowest BCUT2D eigenvalue weighted by atomic mass is 10.0. The Morgan fingerprint density at radius 3 is 2.22 bits per heavy atom. The summed E-state index contributed by atoms with van der Waals surface area (Å²) in [5.74, 6) is -2.62. The van der Waals surface area contributed by atoms with Crippen LogP contribution in [0.4, 0.5) is 13.2 Å². The van der Waals surface area contributed by atoms with Crippen molar-refractivity contribution in [3.63, 3.8) is 0 Å². The van der Waals surface area contributed by atoms with E-state index in [0.29, 0.717) is 5.56 Å². The fourth-order valence-electron chi connectivity index (χ4n) is 1.39. The minimum atomic E-state index is -4.98. The lowest BCUT2D eigenvalue weighted by molar-refractivity contribution is -0.174. The Hall–Kier alpha value is -1.85. The van der Waals surface area contributed by atoms with E-state index in [-0.39, 0.29) is 6.42 Å². The first-order valence-corrected chi connectivity index (χ1v) is 5.23. The third-order valence-corrected chi connectivity index (χ3v) is 2.34. The summed E-state index contributed by atoms with van der Waals surface area (Å²) in [5.41, 5.74) is 0.681. The zero-order valence-electron chi connectivity index (χ0n) is 9.62. The normalized spacial score (nSPS) is 12.9. The zero-order valence-corrected chi connectivity index (χ0v) is 9.62. The predicted octanol–water partition coefficient (Wildman–Crippen LogP) is 1.87. The number of rotatable bonds is 4. The molecule has 0 saturated carbocycles. The van der Waals surface area contributed by atoms with Gasteiger partial charge in [0.05, 0.1) is 6.04 Å². The minimum absolute atomic E-state index is 0.0397. The highest BCUT2D eigenvalue weighted by molar-refractivity contribution is 5.89. The third kappa shape index (κ3) is 4.20. The van der Waals surface area contributed by atoms with Crippen LogP contribution in [-0.2, 0) is 16.0 Å². The van der Waals surface area contributed by atoms with Crippen LogP contribution in [0.3, 0.4) is 0 Å². The minimum Gasteiger partial charge on any atom is -0.338 e. The summed E-state index contributed by atoms with van der Waals surface area (Å²) in [6.07, 6.45) is -4.94. The van der Waals surface area contributed by atoms with Gasteiger partial charge in [0.15, 0.2) is 5.78 Å². The van der Waals surface area contributed by atoms with Gasteiger partial charge in [0.25, 0.3) is 0 Å². The topological polar surface area (TPSA) is 46.2 Å². The van der Waals surface area contributed by atoms with Crippen LogP contribution in [0, 0.1) is 0 Å². The molecule has 1 aromatic rings. The third-order valence-electron chi connectivity index (χ3n) is 2.34. The molecule has 1 aromatic carbocycles. The molecule has 0 heterocycles. The Morgan fingerprint density at radius 2 is 1.78 bits per heavy atom. The number of ketones is 1. The van der Waals surface area contributed by atoms with Crippen molar-refractivity contribution in [3.05, 3.63) is 35.9 Å². The molecule has 0 spiro atoms. The van der Waals surface area contributed by atoms with Crippen LogP contribution in [0.5, 0.6) is 0 Å². The molecule has 0 aromatic heterocycles. The molecular weight excluding hydrogens is 247 g/mol. The highest BCUT2D eigenvalue weighted by Crippen LogP contribution is 2.15. The van der Waals surface area contributed by atoms with Gasteiger partial charge in [-0.05, 0) is 18.9 Å². The highest BCUT2D eigenvalue weighted by Gasteiger charge is 2.40. The van der Waals surface area contributed by atoms with Crippen molar-refractivity contribution in [1.29, 1.82) is 0 Å². The Balaban J connectivity index is 2.73. The fourth-order valence-corrected chi connectivity index (χ4v) is 1.39. The summed E-state index contributed by atoms with van der Waals surface area (Å²) < 4.78 is 36.3. The maximum Gasteiger partial charge on any atom is 0.471 e. The number of benzene rings is 1. The molecule has 98 valence electrons. The molecule has 18 heavy (non-hydrogen) atoms. The van der Waals surface area contributed by atoms with E-state index in [4.69, 9.17) is 0 Å². The Morgan fingerprint density at radius 1 is 1.22 bits per heavy atom. The highest BCUT2D eigenvalue weighted by atomic mass is 19.4. The standard InChI is InChI=1S/C12H12F3NO2/c1-8(17)10(16-11(18)12(13,14)15)7-9-5-3-2-4-6-9/h2-6,10H,7H2,1H3,(H,16,18)/t10-/m1/s1. The average Bonchev–Trinajstić information content (AvgIpc) is 2.28. The number of hydrogen-bond donors (Lipinski definition) is 1.